The highest BCUT2D eigenvalue weighted by Gasteiger charge is 2.34. The lowest BCUT2D eigenvalue weighted by Gasteiger charge is -2.34. The summed E-state index contributed by atoms with van der Waals surface area (Å²) in [5.74, 6) is 0.977. The number of aromatic nitrogens is 5. The van der Waals surface area contributed by atoms with Gasteiger partial charge in [0.15, 0.2) is 5.82 Å². The molecule has 2 atom stereocenters. The average Bonchev–Trinajstić information content (AvgIpc) is 3.53. The fourth-order valence-corrected chi connectivity index (χ4v) is 6.63. The molecule has 5 heterocycles. The van der Waals surface area contributed by atoms with Gasteiger partial charge in [0, 0.05) is 50.4 Å². The van der Waals surface area contributed by atoms with E-state index in [1.54, 1.807) is 18.3 Å². The monoisotopic (exact) mass is 575 g/mol. The van der Waals surface area contributed by atoms with Crippen molar-refractivity contribution in [1.82, 2.24) is 29.8 Å². The van der Waals surface area contributed by atoms with Gasteiger partial charge in [-0.05, 0) is 47.9 Å². The van der Waals surface area contributed by atoms with Crippen LogP contribution < -0.4 is 15.0 Å². The summed E-state index contributed by atoms with van der Waals surface area (Å²) < 4.78 is 24.7. The van der Waals surface area contributed by atoms with Crippen LogP contribution in [0.25, 0.3) is 44.0 Å². The summed E-state index contributed by atoms with van der Waals surface area (Å²) in [6.45, 7) is 1.82. The van der Waals surface area contributed by atoms with E-state index in [1.807, 2.05) is 55.6 Å². The molecule has 8 rings (SSSR count). The Hall–Kier alpha value is -4.83. The predicted octanol–water partition coefficient (Wildman–Crippen LogP) is 5.14. The molecule has 2 N–H and O–H groups in total. The number of para-hydroxylation sites is 2. The molecule has 0 amide bonds. The summed E-state index contributed by atoms with van der Waals surface area (Å²) in [5, 5.41) is 16.2. The number of pyridine rings is 1. The number of anilines is 1. The molecule has 2 bridgehead atoms. The number of aromatic hydroxyl groups is 1. The van der Waals surface area contributed by atoms with Crippen LogP contribution in [0.1, 0.15) is 18.7 Å². The van der Waals surface area contributed by atoms with Gasteiger partial charge in [0.05, 0.1) is 23.0 Å². The van der Waals surface area contributed by atoms with Gasteiger partial charge in [-0.15, -0.1) is 0 Å². The maximum Gasteiger partial charge on any atom is 0.319 e. The van der Waals surface area contributed by atoms with Crippen molar-refractivity contribution >= 4 is 38.5 Å². The third kappa shape index (κ3) is 4.49. The maximum atomic E-state index is 16.5. The van der Waals surface area contributed by atoms with Gasteiger partial charge in [-0.25, -0.2) is 9.37 Å². The number of phenols is 1. The van der Waals surface area contributed by atoms with Gasteiger partial charge in [-0.1, -0.05) is 36.4 Å². The van der Waals surface area contributed by atoms with Crippen LogP contribution in [-0.2, 0) is 13.5 Å². The number of benzene rings is 3. The zero-order valence-electron chi connectivity index (χ0n) is 23.7. The van der Waals surface area contributed by atoms with E-state index in [9.17, 15) is 5.11 Å². The molecule has 2 fully saturated rings. The number of imidazole rings is 1. The van der Waals surface area contributed by atoms with Crippen LogP contribution in [0.3, 0.4) is 0 Å². The largest absolute Gasteiger partial charge is 0.508 e. The van der Waals surface area contributed by atoms with Gasteiger partial charge in [0.2, 0.25) is 0 Å². The van der Waals surface area contributed by atoms with Crippen LogP contribution >= 0.6 is 0 Å². The van der Waals surface area contributed by atoms with E-state index in [0.717, 1.165) is 53.6 Å². The topological polar surface area (TPSA) is 101 Å². The number of rotatable bonds is 6. The number of halogens is 1. The second kappa shape index (κ2) is 10.2. The number of nitrogens with one attached hydrogen (secondary N) is 1. The summed E-state index contributed by atoms with van der Waals surface area (Å²) in [5.41, 5.74) is 2.75. The Morgan fingerprint density at radius 2 is 1.77 bits per heavy atom. The summed E-state index contributed by atoms with van der Waals surface area (Å²) in [6.07, 6.45) is 4.40. The smallest absolute Gasteiger partial charge is 0.319 e. The number of fused-ring (bicyclic) bond motifs is 5. The quantitative estimate of drug-likeness (QED) is 0.282. The Balaban J connectivity index is 1.20. The molecule has 0 radical (unpaired) electrons. The van der Waals surface area contributed by atoms with Crippen molar-refractivity contribution in [1.29, 1.82) is 0 Å². The molecule has 43 heavy (non-hydrogen) atoms. The van der Waals surface area contributed by atoms with Gasteiger partial charge in [0.1, 0.15) is 28.6 Å². The number of aryl methyl sites for hydroxylation is 1. The van der Waals surface area contributed by atoms with Crippen LogP contribution in [-0.4, -0.2) is 61.4 Å². The molecule has 3 aromatic carbocycles. The molecule has 2 aliphatic rings. The van der Waals surface area contributed by atoms with Crippen molar-refractivity contribution in [2.45, 2.75) is 31.3 Å². The number of nitrogens with zero attached hydrogens (tertiary/aromatic N) is 6. The second-order valence-electron chi connectivity index (χ2n) is 11.4. The minimum absolute atomic E-state index is 0.0423. The lowest BCUT2D eigenvalue weighted by atomic mass is 10.0. The standard InChI is InChI=1S/C33H30FN7O2/c1-40-27-9-5-4-8-26(27)37-28(40)12-13-43-33-38-31-25(32(39-33)41-17-20-10-11-21(18-41)36-20)16-35-30(29(31)34)24-15-22(42)14-19-6-2-3-7-23(19)24/h2-9,14-16,20-21,36,42H,10-13,17-18H2,1H3/t20-,21+. The average molecular weight is 576 g/mol. The molecule has 0 aliphatic carbocycles. The Morgan fingerprint density at radius 3 is 2.60 bits per heavy atom. The number of ether oxygens (including phenoxy) is 1. The maximum absolute atomic E-state index is 16.5. The highest BCUT2D eigenvalue weighted by atomic mass is 19.1. The molecule has 10 heteroatoms. The first-order chi connectivity index (χ1) is 21.0. The minimum atomic E-state index is -0.574. The SMILES string of the molecule is Cn1c(CCOc2nc(N3C[C@H]4CC[C@@H](C3)N4)c3cnc(-c4cc(O)cc5ccccc45)c(F)c3n2)nc2ccccc21. The van der Waals surface area contributed by atoms with Crippen LogP contribution in [0.2, 0.25) is 0 Å². The molecular formula is C33H30FN7O2. The van der Waals surface area contributed by atoms with Crippen molar-refractivity contribution in [2.24, 2.45) is 7.05 Å². The van der Waals surface area contributed by atoms with Crippen molar-refractivity contribution in [3.05, 3.63) is 78.5 Å². The Bertz CT molecular complexity index is 2010. The van der Waals surface area contributed by atoms with Gasteiger partial charge in [-0.3, -0.25) is 4.98 Å². The summed E-state index contributed by atoms with van der Waals surface area (Å²) >= 11 is 0. The second-order valence-corrected chi connectivity index (χ2v) is 11.4. The molecule has 0 spiro atoms. The number of hydrogen-bond acceptors (Lipinski definition) is 8. The molecular weight excluding hydrogens is 545 g/mol. The molecule has 2 saturated heterocycles. The first-order valence-electron chi connectivity index (χ1n) is 14.6. The van der Waals surface area contributed by atoms with E-state index < -0.39 is 5.82 Å². The van der Waals surface area contributed by atoms with Gasteiger partial charge >= 0.3 is 6.01 Å². The first kappa shape index (κ1) is 25.8. The molecule has 9 nitrogen and oxygen atoms in total. The molecule has 3 aromatic heterocycles. The summed E-state index contributed by atoms with van der Waals surface area (Å²) in [6, 6.07) is 19.6. The third-order valence-electron chi connectivity index (χ3n) is 8.70. The summed E-state index contributed by atoms with van der Waals surface area (Å²) in [7, 11) is 1.99. The van der Waals surface area contributed by atoms with E-state index in [-0.39, 0.29) is 29.6 Å². The molecule has 0 unspecified atom stereocenters. The zero-order valence-corrected chi connectivity index (χ0v) is 23.7. The number of piperazine rings is 1. The predicted molar refractivity (Wildman–Crippen MR) is 164 cm³/mol. The number of hydrogen-bond donors (Lipinski definition) is 2. The highest BCUT2D eigenvalue weighted by Crippen LogP contribution is 2.37. The molecule has 216 valence electrons. The van der Waals surface area contributed by atoms with Crippen molar-refractivity contribution in [3.63, 3.8) is 0 Å². The van der Waals surface area contributed by atoms with Crippen molar-refractivity contribution in [3.8, 4) is 23.0 Å². The van der Waals surface area contributed by atoms with Crippen LogP contribution in [0.15, 0.2) is 66.9 Å². The number of phenolic OH excluding ortho intramolecular Hbond substituents is 1. The summed E-state index contributed by atoms with van der Waals surface area (Å²) in [4.78, 5) is 20.9. The fourth-order valence-electron chi connectivity index (χ4n) is 6.63. The first-order valence-corrected chi connectivity index (χ1v) is 14.6. The molecule has 0 saturated carbocycles. The van der Waals surface area contributed by atoms with E-state index in [1.165, 1.54) is 0 Å². The minimum Gasteiger partial charge on any atom is -0.508 e. The highest BCUT2D eigenvalue weighted by molar-refractivity contribution is 6.00. The van der Waals surface area contributed by atoms with E-state index in [4.69, 9.17) is 14.7 Å². The lowest BCUT2D eigenvalue weighted by Crippen LogP contribution is -2.51. The van der Waals surface area contributed by atoms with E-state index in [0.29, 0.717) is 35.3 Å². The van der Waals surface area contributed by atoms with Gasteiger partial charge in [0.25, 0.3) is 0 Å². The van der Waals surface area contributed by atoms with E-state index >= 15 is 4.39 Å². The Kier molecular flexibility index (Phi) is 6.11. The van der Waals surface area contributed by atoms with Crippen LogP contribution in [0.5, 0.6) is 11.8 Å². The van der Waals surface area contributed by atoms with Crippen LogP contribution in [0.4, 0.5) is 10.2 Å². The van der Waals surface area contributed by atoms with Crippen molar-refractivity contribution in [2.75, 3.05) is 24.6 Å². The normalized spacial score (nSPS) is 18.2. The molecule has 2 aliphatic heterocycles. The van der Waals surface area contributed by atoms with Gasteiger partial charge in [-0.2, -0.15) is 9.97 Å². The Morgan fingerprint density at radius 1 is 0.977 bits per heavy atom. The zero-order chi connectivity index (χ0) is 29.1. The Labute approximate surface area is 247 Å². The van der Waals surface area contributed by atoms with Crippen LogP contribution in [0, 0.1) is 5.82 Å². The fraction of sp³-hybridized carbons (Fsp3) is 0.273. The molecule has 6 aromatic rings. The van der Waals surface area contributed by atoms with E-state index in [2.05, 4.69) is 24.8 Å². The van der Waals surface area contributed by atoms with Crippen molar-refractivity contribution < 1.29 is 14.2 Å². The lowest BCUT2D eigenvalue weighted by molar-refractivity contribution is 0.293. The van der Waals surface area contributed by atoms with Gasteiger partial charge < -0.3 is 24.6 Å². The third-order valence-corrected chi connectivity index (χ3v) is 8.70.